The quantitative estimate of drug-likeness (QED) is 0.893. The molecule has 1 aromatic heterocycles. The summed E-state index contributed by atoms with van der Waals surface area (Å²) in [7, 11) is 0. The summed E-state index contributed by atoms with van der Waals surface area (Å²) in [6, 6.07) is 1.09. The molecular weight excluding hydrogens is 304 g/mol. The molecule has 3 heterocycles. The highest BCUT2D eigenvalue weighted by Crippen LogP contribution is 2.22. The van der Waals surface area contributed by atoms with Gasteiger partial charge in [-0.1, -0.05) is 0 Å². The van der Waals surface area contributed by atoms with Crippen molar-refractivity contribution < 1.29 is 18.7 Å². The Bertz CT molecular complexity index is 568. The minimum atomic E-state index is -0.915. The van der Waals surface area contributed by atoms with Gasteiger partial charge >= 0.3 is 0 Å². The van der Waals surface area contributed by atoms with Gasteiger partial charge in [-0.15, -0.1) is 0 Å². The Balaban J connectivity index is 1.57. The van der Waals surface area contributed by atoms with Gasteiger partial charge in [0.1, 0.15) is 5.82 Å². The lowest BCUT2D eigenvalue weighted by atomic mass is 9.98. The van der Waals surface area contributed by atoms with Crippen LogP contribution in [0.5, 0.6) is 0 Å². The van der Waals surface area contributed by atoms with Crippen LogP contribution in [0.1, 0.15) is 36.2 Å². The standard InChI is InChI=1S/C16H21F2N3O2/c17-11-9-14(18)15(19-10-11)16(23)21-5-1-12(2-6-21)20-7-3-13(22)4-8-20/h9-10,12-13,22H,1-8H2. The predicted molar refractivity (Wildman–Crippen MR) is 79.9 cm³/mol. The minimum absolute atomic E-state index is 0.194. The first-order valence-electron chi connectivity index (χ1n) is 8.07. The van der Waals surface area contributed by atoms with Gasteiger partial charge in [0.15, 0.2) is 11.5 Å². The Hall–Kier alpha value is -1.60. The maximum absolute atomic E-state index is 13.7. The molecule has 0 spiro atoms. The van der Waals surface area contributed by atoms with Crippen molar-refractivity contribution in [3.63, 3.8) is 0 Å². The molecule has 23 heavy (non-hydrogen) atoms. The summed E-state index contributed by atoms with van der Waals surface area (Å²) in [6.07, 6.45) is 3.91. The summed E-state index contributed by atoms with van der Waals surface area (Å²) in [5, 5.41) is 9.56. The number of carbonyl (C=O) groups is 1. The third-order valence-electron chi connectivity index (χ3n) is 4.78. The van der Waals surface area contributed by atoms with Crippen LogP contribution in [-0.2, 0) is 0 Å². The van der Waals surface area contributed by atoms with Gasteiger partial charge in [0.05, 0.1) is 12.3 Å². The molecule has 0 aliphatic carbocycles. The number of aliphatic hydroxyl groups excluding tert-OH is 1. The number of nitrogens with zero attached hydrogens (tertiary/aromatic N) is 3. The minimum Gasteiger partial charge on any atom is -0.393 e. The second-order valence-corrected chi connectivity index (χ2v) is 6.27. The fourth-order valence-electron chi connectivity index (χ4n) is 3.41. The van der Waals surface area contributed by atoms with E-state index in [9.17, 15) is 18.7 Å². The van der Waals surface area contributed by atoms with E-state index in [0.717, 1.165) is 45.0 Å². The topological polar surface area (TPSA) is 56.7 Å². The number of aliphatic hydroxyl groups is 1. The predicted octanol–water partition coefficient (Wildman–Crippen LogP) is 1.42. The van der Waals surface area contributed by atoms with Gasteiger partial charge in [-0.25, -0.2) is 13.8 Å². The van der Waals surface area contributed by atoms with E-state index in [1.165, 1.54) is 0 Å². The molecule has 3 rings (SSSR count). The van der Waals surface area contributed by atoms with Crippen molar-refractivity contribution >= 4 is 5.91 Å². The highest BCUT2D eigenvalue weighted by molar-refractivity contribution is 5.92. The van der Waals surface area contributed by atoms with Crippen molar-refractivity contribution in [2.45, 2.75) is 37.8 Å². The third kappa shape index (κ3) is 3.67. The van der Waals surface area contributed by atoms with Crippen molar-refractivity contribution in [3.8, 4) is 0 Å². The maximum atomic E-state index is 13.7. The zero-order chi connectivity index (χ0) is 16.4. The number of piperidine rings is 2. The number of amides is 1. The molecule has 2 aliphatic heterocycles. The molecule has 5 nitrogen and oxygen atoms in total. The van der Waals surface area contributed by atoms with Gasteiger partial charge < -0.3 is 14.9 Å². The Morgan fingerprint density at radius 3 is 2.39 bits per heavy atom. The maximum Gasteiger partial charge on any atom is 0.275 e. The molecule has 1 amide bonds. The van der Waals surface area contributed by atoms with E-state index in [1.54, 1.807) is 4.90 Å². The van der Waals surface area contributed by atoms with Gasteiger partial charge in [-0.2, -0.15) is 0 Å². The SMILES string of the molecule is O=C(c1ncc(F)cc1F)N1CCC(N2CCC(O)CC2)CC1. The molecule has 0 radical (unpaired) electrons. The highest BCUT2D eigenvalue weighted by atomic mass is 19.1. The number of pyridine rings is 1. The summed E-state index contributed by atoms with van der Waals surface area (Å²) < 4.78 is 26.6. The first-order valence-corrected chi connectivity index (χ1v) is 8.07. The Kier molecular flexibility index (Phi) is 4.87. The zero-order valence-corrected chi connectivity index (χ0v) is 12.9. The molecule has 1 N–H and O–H groups in total. The fraction of sp³-hybridized carbons (Fsp3) is 0.625. The monoisotopic (exact) mass is 325 g/mol. The molecule has 0 atom stereocenters. The van der Waals surface area contributed by atoms with Crippen LogP contribution in [0.3, 0.4) is 0 Å². The van der Waals surface area contributed by atoms with Crippen LogP contribution in [-0.4, -0.2) is 64.1 Å². The summed E-state index contributed by atoms with van der Waals surface area (Å²) in [5.41, 5.74) is -0.314. The molecule has 7 heteroatoms. The van der Waals surface area contributed by atoms with Crippen LogP contribution in [0, 0.1) is 11.6 Å². The average molecular weight is 325 g/mol. The first-order chi connectivity index (χ1) is 11.0. The smallest absolute Gasteiger partial charge is 0.275 e. The summed E-state index contributed by atoms with van der Waals surface area (Å²) in [6.45, 7) is 2.85. The van der Waals surface area contributed by atoms with Crippen LogP contribution in [0.15, 0.2) is 12.3 Å². The number of likely N-dealkylation sites (tertiary alicyclic amines) is 2. The number of rotatable bonds is 2. The summed E-state index contributed by atoms with van der Waals surface area (Å²) >= 11 is 0. The van der Waals surface area contributed by atoms with Gasteiger partial charge in [-0.3, -0.25) is 4.79 Å². The van der Waals surface area contributed by atoms with E-state index in [0.29, 0.717) is 25.2 Å². The van der Waals surface area contributed by atoms with E-state index in [-0.39, 0.29) is 11.8 Å². The van der Waals surface area contributed by atoms with Crippen molar-refractivity contribution in [1.82, 2.24) is 14.8 Å². The third-order valence-corrected chi connectivity index (χ3v) is 4.78. The van der Waals surface area contributed by atoms with E-state index in [4.69, 9.17) is 0 Å². The average Bonchev–Trinajstić information content (AvgIpc) is 2.55. The molecule has 1 aromatic rings. The van der Waals surface area contributed by atoms with E-state index >= 15 is 0 Å². The van der Waals surface area contributed by atoms with Crippen molar-refractivity contribution in [1.29, 1.82) is 0 Å². The molecular formula is C16H21F2N3O2. The van der Waals surface area contributed by atoms with Crippen LogP contribution in [0.2, 0.25) is 0 Å². The van der Waals surface area contributed by atoms with E-state index in [1.807, 2.05) is 0 Å². The second-order valence-electron chi connectivity index (χ2n) is 6.27. The lowest BCUT2D eigenvalue weighted by Gasteiger charge is -2.41. The lowest BCUT2D eigenvalue weighted by molar-refractivity contribution is 0.0353. The highest BCUT2D eigenvalue weighted by Gasteiger charge is 2.30. The molecule has 2 fully saturated rings. The summed E-state index contributed by atoms with van der Waals surface area (Å²) in [5.74, 6) is -2.18. The fourth-order valence-corrected chi connectivity index (χ4v) is 3.41. The molecule has 126 valence electrons. The normalized spacial score (nSPS) is 21.6. The molecule has 0 saturated carbocycles. The Morgan fingerprint density at radius 2 is 1.78 bits per heavy atom. The largest absolute Gasteiger partial charge is 0.393 e. The number of carbonyl (C=O) groups excluding carboxylic acids is 1. The van der Waals surface area contributed by atoms with Gasteiger partial charge in [0, 0.05) is 38.3 Å². The van der Waals surface area contributed by atoms with Crippen LogP contribution in [0.4, 0.5) is 8.78 Å². The van der Waals surface area contributed by atoms with E-state index in [2.05, 4.69) is 9.88 Å². The van der Waals surface area contributed by atoms with Crippen molar-refractivity contribution in [2.75, 3.05) is 26.2 Å². The van der Waals surface area contributed by atoms with Gasteiger partial charge in [0.2, 0.25) is 0 Å². The number of hydrogen-bond donors (Lipinski definition) is 1. The Labute approximate surface area is 133 Å². The molecule has 2 aliphatic rings. The van der Waals surface area contributed by atoms with E-state index < -0.39 is 17.5 Å². The van der Waals surface area contributed by atoms with Crippen molar-refractivity contribution in [2.24, 2.45) is 0 Å². The number of halogens is 2. The lowest BCUT2D eigenvalue weighted by Crippen LogP contribution is -2.49. The zero-order valence-electron chi connectivity index (χ0n) is 12.9. The second kappa shape index (κ2) is 6.88. The number of hydrogen-bond acceptors (Lipinski definition) is 4. The molecule has 0 bridgehead atoms. The molecule has 2 saturated heterocycles. The summed E-state index contributed by atoms with van der Waals surface area (Å²) in [4.78, 5) is 19.9. The Morgan fingerprint density at radius 1 is 1.13 bits per heavy atom. The van der Waals surface area contributed by atoms with Crippen LogP contribution < -0.4 is 0 Å². The van der Waals surface area contributed by atoms with Crippen LogP contribution >= 0.6 is 0 Å². The first kappa shape index (κ1) is 16.3. The molecule has 0 unspecified atom stereocenters. The number of aromatic nitrogens is 1. The van der Waals surface area contributed by atoms with Gasteiger partial charge in [-0.05, 0) is 25.7 Å². The van der Waals surface area contributed by atoms with Crippen LogP contribution in [0.25, 0.3) is 0 Å². The van der Waals surface area contributed by atoms with Crippen molar-refractivity contribution in [3.05, 3.63) is 29.6 Å². The van der Waals surface area contributed by atoms with Gasteiger partial charge in [0.25, 0.3) is 5.91 Å². The molecule has 0 aromatic carbocycles.